The molecule has 0 unspecified atom stereocenters. The van der Waals surface area contributed by atoms with E-state index in [0.29, 0.717) is 69.9 Å². The van der Waals surface area contributed by atoms with Crippen LogP contribution in [-0.4, -0.2) is 35.2 Å². The van der Waals surface area contributed by atoms with Crippen LogP contribution in [0.25, 0.3) is 10.2 Å². The van der Waals surface area contributed by atoms with E-state index < -0.39 is 0 Å². The molecule has 30 heavy (non-hydrogen) atoms. The van der Waals surface area contributed by atoms with E-state index in [1.807, 2.05) is 19.1 Å². The molecule has 0 spiro atoms. The lowest BCUT2D eigenvalue weighted by Gasteiger charge is -2.20. The van der Waals surface area contributed by atoms with Crippen molar-refractivity contribution in [3.8, 4) is 11.5 Å². The number of hydrogen-bond donors (Lipinski definition) is 1. The van der Waals surface area contributed by atoms with Crippen LogP contribution in [0.5, 0.6) is 11.5 Å². The first kappa shape index (κ1) is 19.4. The van der Waals surface area contributed by atoms with Gasteiger partial charge in [-0.05, 0) is 43.0 Å². The number of nitrogens with zero attached hydrogens (tertiary/aromatic N) is 2. The smallest absolute Gasteiger partial charge is 0.262 e. The monoisotopic (exact) mass is 445 g/mol. The normalized spacial score (nSPS) is 14.7. The second kappa shape index (κ2) is 7.59. The molecule has 5 rings (SSSR count). The summed E-state index contributed by atoms with van der Waals surface area (Å²) in [6.07, 6.45) is 2.35. The highest BCUT2D eigenvalue weighted by atomic mass is 35.5. The lowest BCUT2D eigenvalue weighted by Crippen LogP contribution is -2.26. The fraction of sp³-hybridized carbons (Fsp3) is 0.381. The largest absolute Gasteiger partial charge is 0.486 e. The molecule has 3 aromatic rings. The van der Waals surface area contributed by atoms with Crippen LogP contribution in [0.1, 0.15) is 33.0 Å². The van der Waals surface area contributed by atoms with Crippen LogP contribution in [0.3, 0.4) is 0 Å². The number of thiophene rings is 1. The molecule has 0 saturated carbocycles. The number of halogens is 1. The highest BCUT2D eigenvalue weighted by Crippen LogP contribution is 2.38. The van der Waals surface area contributed by atoms with Crippen molar-refractivity contribution in [1.29, 1.82) is 0 Å². The number of hydrogen-bond acceptors (Lipinski definition) is 6. The molecule has 0 radical (unpaired) electrons. The standard InChI is InChI=1S/C21H20ClN3O4S/c1-11-16-20(24-15-3-2-6-25(15)21(16)27)30-18(11)19(26)23-5-4-12-9-13(22)17-14(10-12)28-7-8-29-17/h9-10H,2-8H2,1H3,(H,23,26). The highest BCUT2D eigenvalue weighted by molar-refractivity contribution is 7.20. The number of rotatable bonds is 4. The third kappa shape index (κ3) is 3.24. The Hall–Kier alpha value is -2.58. The van der Waals surface area contributed by atoms with Gasteiger partial charge in [-0.2, -0.15) is 0 Å². The van der Waals surface area contributed by atoms with Gasteiger partial charge in [0.1, 0.15) is 23.9 Å². The number of amides is 1. The summed E-state index contributed by atoms with van der Waals surface area (Å²) >= 11 is 7.56. The summed E-state index contributed by atoms with van der Waals surface area (Å²) in [6.45, 7) is 3.93. The second-order valence-electron chi connectivity index (χ2n) is 7.43. The molecular formula is C21H20ClN3O4S. The van der Waals surface area contributed by atoms with Gasteiger partial charge in [0.2, 0.25) is 0 Å². The van der Waals surface area contributed by atoms with Crippen LogP contribution in [0, 0.1) is 6.92 Å². The number of fused-ring (bicyclic) bond motifs is 3. The third-order valence-electron chi connectivity index (χ3n) is 5.47. The summed E-state index contributed by atoms with van der Waals surface area (Å²) in [5, 5.41) is 4.02. The van der Waals surface area contributed by atoms with Crippen LogP contribution in [0.2, 0.25) is 5.02 Å². The van der Waals surface area contributed by atoms with Crippen molar-refractivity contribution in [1.82, 2.24) is 14.9 Å². The Bertz CT molecular complexity index is 1230. The first-order valence-electron chi connectivity index (χ1n) is 9.92. The van der Waals surface area contributed by atoms with Crippen LogP contribution < -0.4 is 20.3 Å². The van der Waals surface area contributed by atoms with Crippen molar-refractivity contribution < 1.29 is 14.3 Å². The predicted molar refractivity (Wildman–Crippen MR) is 115 cm³/mol. The van der Waals surface area contributed by atoms with Gasteiger partial charge in [-0.15, -0.1) is 11.3 Å². The third-order valence-corrected chi connectivity index (χ3v) is 6.94. The van der Waals surface area contributed by atoms with Gasteiger partial charge >= 0.3 is 0 Å². The molecule has 2 aliphatic rings. The average molecular weight is 446 g/mol. The Morgan fingerprint density at radius 1 is 1.33 bits per heavy atom. The summed E-state index contributed by atoms with van der Waals surface area (Å²) in [5.74, 6) is 1.83. The number of benzene rings is 1. The van der Waals surface area contributed by atoms with Gasteiger partial charge in [0.15, 0.2) is 11.5 Å². The molecule has 2 aliphatic heterocycles. The van der Waals surface area contributed by atoms with E-state index in [2.05, 4.69) is 10.3 Å². The van der Waals surface area contributed by atoms with Gasteiger partial charge in [-0.25, -0.2) is 4.98 Å². The zero-order valence-electron chi connectivity index (χ0n) is 16.4. The zero-order valence-corrected chi connectivity index (χ0v) is 18.0. The minimum Gasteiger partial charge on any atom is -0.486 e. The van der Waals surface area contributed by atoms with Crippen LogP contribution >= 0.6 is 22.9 Å². The number of carbonyl (C=O) groups is 1. The molecule has 9 heteroatoms. The fourth-order valence-corrected chi connectivity index (χ4v) is 5.40. The Kier molecular flexibility index (Phi) is 4.91. The molecule has 1 aromatic carbocycles. The van der Waals surface area contributed by atoms with Crippen molar-refractivity contribution in [2.24, 2.45) is 0 Å². The molecule has 1 N–H and O–H groups in total. The van der Waals surface area contributed by atoms with E-state index in [-0.39, 0.29) is 11.5 Å². The van der Waals surface area contributed by atoms with Gasteiger partial charge in [-0.1, -0.05) is 11.6 Å². The number of ether oxygens (including phenoxy) is 2. The average Bonchev–Trinajstić information content (AvgIpc) is 3.33. The number of carbonyl (C=O) groups excluding carboxylic acids is 1. The van der Waals surface area contributed by atoms with Crippen molar-refractivity contribution in [3.05, 3.63) is 49.3 Å². The van der Waals surface area contributed by atoms with Gasteiger partial charge in [-0.3, -0.25) is 14.2 Å². The van der Waals surface area contributed by atoms with E-state index >= 15 is 0 Å². The van der Waals surface area contributed by atoms with Crippen molar-refractivity contribution in [2.45, 2.75) is 32.7 Å². The summed E-state index contributed by atoms with van der Waals surface area (Å²) in [7, 11) is 0. The molecule has 156 valence electrons. The van der Waals surface area contributed by atoms with E-state index in [4.69, 9.17) is 21.1 Å². The van der Waals surface area contributed by atoms with Crippen molar-refractivity contribution in [3.63, 3.8) is 0 Å². The Morgan fingerprint density at radius 3 is 3.03 bits per heavy atom. The summed E-state index contributed by atoms with van der Waals surface area (Å²) in [6, 6.07) is 3.72. The Morgan fingerprint density at radius 2 is 2.17 bits per heavy atom. The van der Waals surface area contributed by atoms with Gasteiger partial charge in [0.25, 0.3) is 11.5 Å². The van der Waals surface area contributed by atoms with Crippen LogP contribution in [0.4, 0.5) is 0 Å². The first-order valence-corrected chi connectivity index (χ1v) is 11.1. The van der Waals surface area contributed by atoms with Crippen LogP contribution in [0.15, 0.2) is 16.9 Å². The molecule has 7 nitrogen and oxygen atoms in total. The van der Waals surface area contributed by atoms with Gasteiger partial charge in [0.05, 0.1) is 15.3 Å². The van der Waals surface area contributed by atoms with Gasteiger partial charge in [0, 0.05) is 19.5 Å². The lowest BCUT2D eigenvalue weighted by atomic mass is 10.1. The fourth-order valence-electron chi connectivity index (χ4n) is 4.00. The van der Waals surface area contributed by atoms with Crippen molar-refractivity contribution in [2.75, 3.05) is 19.8 Å². The first-order chi connectivity index (χ1) is 14.5. The molecule has 0 fully saturated rings. The van der Waals surface area contributed by atoms with E-state index in [0.717, 1.165) is 24.2 Å². The van der Waals surface area contributed by atoms with Gasteiger partial charge < -0.3 is 14.8 Å². The predicted octanol–water partition coefficient (Wildman–Crippen LogP) is 3.11. The quantitative estimate of drug-likeness (QED) is 0.667. The number of nitrogens with one attached hydrogen (secondary N) is 1. The second-order valence-corrected chi connectivity index (χ2v) is 8.84. The minimum atomic E-state index is -0.191. The van der Waals surface area contributed by atoms with E-state index in [9.17, 15) is 9.59 Å². The minimum absolute atomic E-state index is 0.0359. The molecule has 0 bridgehead atoms. The summed E-state index contributed by atoms with van der Waals surface area (Å²) in [4.78, 5) is 31.4. The maximum Gasteiger partial charge on any atom is 0.262 e. The molecule has 0 atom stereocenters. The van der Waals surface area contributed by atoms with E-state index in [1.165, 1.54) is 11.3 Å². The molecular weight excluding hydrogens is 426 g/mol. The zero-order chi connectivity index (χ0) is 20.8. The molecule has 1 amide bonds. The van der Waals surface area contributed by atoms with Crippen LogP contribution in [-0.2, 0) is 19.4 Å². The molecule has 0 aliphatic carbocycles. The molecule has 4 heterocycles. The highest BCUT2D eigenvalue weighted by Gasteiger charge is 2.23. The maximum absolute atomic E-state index is 12.8. The summed E-state index contributed by atoms with van der Waals surface area (Å²) in [5.41, 5.74) is 1.62. The van der Waals surface area contributed by atoms with E-state index in [1.54, 1.807) is 4.57 Å². The Balaban J connectivity index is 1.32. The number of aromatic nitrogens is 2. The topological polar surface area (TPSA) is 82.4 Å². The van der Waals surface area contributed by atoms with Crippen molar-refractivity contribution >= 4 is 39.1 Å². The Labute approximate surface area is 181 Å². The number of aryl methyl sites for hydroxylation is 2. The lowest BCUT2D eigenvalue weighted by molar-refractivity contribution is 0.0957. The molecule has 0 saturated heterocycles. The SMILES string of the molecule is Cc1c(C(=O)NCCc2cc(Cl)c3c(c2)OCCO3)sc2nc3n(c(=O)c12)CCC3. The maximum atomic E-state index is 12.8. The summed E-state index contributed by atoms with van der Waals surface area (Å²) < 4.78 is 12.9. The molecule has 2 aromatic heterocycles.